The molecular formula is C29H29N3O4. The number of benzene rings is 3. The fourth-order valence-corrected chi connectivity index (χ4v) is 4.64. The molecule has 1 saturated heterocycles. The van der Waals surface area contributed by atoms with E-state index in [9.17, 15) is 9.59 Å². The van der Waals surface area contributed by atoms with Gasteiger partial charge in [0, 0.05) is 0 Å². The number of urea groups is 1. The molecular weight excluding hydrogens is 454 g/mol. The molecule has 2 aliphatic rings. The number of hydrogen-bond donors (Lipinski definition) is 1. The largest absolute Gasteiger partial charge is 0.485 e. The van der Waals surface area contributed by atoms with E-state index in [0.29, 0.717) is 43.1 Å². The summed E-state index contributed by atoms with van der Waals surface area (Å²) in [4.78, 5) is 25.5. The zero-order valence-corrected chi connectivity index (χ0v) is 20.1. The minimum absolute atomic E-state index is 0.271. The molecule has 1 aliphatic heterocycles. The van der Waals surface area contributed by atoms with Crippen LogP contribution in [0.2, 0.25) is 0 Å². The topological polar surface area (TPSA) is 80.2 Å². The van der Waals surface area contributed by atoms with Crippen LogP contribution < -0.4 is 14.8 Å². The van der Waals surface area contributed by atoms with Gasteiger partial charge in [0.05, 0.1) is 6.21 Å². The highest BCUT2D eigenvalue weighted by Crippen LogP contribution is 2.34. The lowest BCUT2D eigenvalue weighted by Crippen LogP contribution is -2.48. The molecule has 1 heterocycles. The maximum absolute atomic E-state index is 13.0. The third kappa shape index (κ3) is 5.25. The van der Waals surface area contributed by atoms with E-state index >= 15 is 0 Å². The van der Waals surface area contributed by atoms with E-state index in [1.807, 2.05) is 78.9 Å². The first-order valence-corrected chi connectivity index (χ1v) is 12.3. The number of amides is 3. The van der Waals surface area contributed by atoms with Gasteiger partial charge < -0.3 is 14.8 Å². The van der Waals surface area contributed by atoms with E-state index in [0.717, 1.165) is 35.4 Å². The van der Waals surface area contributed by atoms with Crippen LogP contribution in [0.15, 0.2) is 84.0 Å². The molecule has 0 aromatic heterocycles. The van der Waals surface area contributed by atoms with Crippen molar-refractivity contribution in [2.45, 2.75) is 50.9 Å². The van der Waals surface area contributed by atoms with Gasteiger partial charge in [-0.25, -0.2) is 4.79 Å². The quantitative estimate of drug-likeness (QED) is 0.342. The van der Waals surface area contributed by atoms with Gasteiger partial charge in [-0.05, 0) is 47.7 Å². The van der Waals surface area contributed by atoms with Gasteiger partial charge >= 0.3 is 6.03 Å². The number of nitrogens with one attached hydrogen (secondary N) is 1. The third-order valence-electron chi connectivity index (χ3n) is 6.61. The molecule has 0 atom stereocenters. The maximum Gasteiger partial charge on any atom is 0.346 e. The SMILES string of the molecule is O=C1NC2(CCCCC2)C(=O)N1N=Cc1ccc(OCc2ccccc2)c(OCc2ccccc2)c1. The van der Waals surface area contributed by atoms with Crippen molar-refractivity contribution in [3.05, 3.63) is 95.6 Å². The minimum atomic E-state index is -0.800. The first kappa shape index (κ1) is 23.6. The van der Waals surface area contributed by atoms with Gasteiger partial charge in [-0.2, -0.15) is 5.10 Å². The predicted molar refractivity (Wildman–Crippen MR) is 137 cm³/mol. The summed E-state index contributed by atoms with van der Waals surface area (Å²) in [6.45, 7) is 0.777. The van der Waals surface area contributed by atoms with Gasteiger partial charge in [0.2, 0.25) is 0 Å². The lowest BCUT2D eigenvalue weighted by atomic mass is 9.82. The highest BCUT2D eigenvalue weighted by molar-refractivity contribution is 6.07. The van der Waals surface area contributed by atoms with Gasteiger partial charge in [-0.1, -0.05) is 79.9 Å². The Labute approximate surface area is 210 Å². The summed E-state index contributed by atoms with van der Waals surface area (Å²) in [6, 6.07) is 24.8. The summed E-state index contributed by atoms with van der Waals surface area (Å²) in [5.74, 6) is 0.884. The number of carbonyl (C=O) groups excluding carboxylic acids is 2. The number of hydrazone groups is 1. The van der Waals surface area contributed by atoms with Crippen molar-refractivity contribution in [1.82, 2.24) is 10.3 Å². The Hall–Kier alpha value is -4.13. The van der Waals surface area contributed by atoms with Crippen LogP contribution in [-0.2, 0) is 18.0 Å². The van der Waals surface area contributed by atoms with Crippen LogP contribution in [0.4, 0.5) is 4.79 Å². The second-order valence-corrected chi connectivity index (χ2v) is 9.19. The summed E-state index contributed by atoms with van der Waals surface area (Å²) in [7, 11) is 0. The molecule has 3 amide bonds. The van der Waals surface area contributed by atoms with Crippen molar-refractivity contribution in [2.24, 2.45) is 5.10 Å². The zero-order valence-electron chi connectivity index (χ0n) is 20.1. The van der Waals surface area contributed by atoms with Crippen LogP contribution in [0, 0.1) is 0 Å². The van der Waals surface area contributed by atoms with E-state index in [-0.39, 0.29) is 5.91 Å². The van der Waals surface area contributed by atoms with Crippen molar-refractivity contribution in [3.8, 4) is 11.5 Å². The zero-order chi connectivity index (χ0) is 24.8. The molecule has 3 aromatic rings. The molecule has 2 fully saturated rings. The van der Waals surface area contributed by atoms with Crippen LogP contribution in [0.3, 0.4) is 0 Å². The Balaban J connectivity index is 1.34. The molecule has 5 rings (SSSR count). The lowest BCUT2D eigenvalue weighted by Gasteiger charge is -2.29. The lowest BCUT2D eigenvalue weighted by molar-refractivity contribution is -0.132. The molecule has 1 spiro atoms. The van der Waals surface area contributed by atoms with E-state index in [1.165, 1.54) is 6.21 Å². The van der Waals surface area contributed by atoms with Gasteiger partial charge in [-0.3, -0.25) is 4.79 Å². The van der Waals surface area contributed by atoms with Gasteiger partial charge in [-0.15, -0.1) is 5.01 Å². The van der Waals surface area contributed by atoms with E-state index < -0.39 is 11.6 Å². The first-order chi connectivity index (χ1) is 17.6. The molecule has 0 bridgehead atoms. The van der Waals surface area contributed by atoms with Crippen LogP contribution in [0.1, 0.15) is 48.8 Å². The fourth-order valence-electron chi connectivity index (χ4n) is 4.64. The predicted octanol–water partition coefficient (Wildman–Crippen LogP) is 5.43. The Bertz CT molecular complexity index is 1240. The van der Waals surface area contributed by atoms with Gasteiger partial charge in [0.1, 0.15) is 18.8 Å². The van der Waals surface area contributed by atoms with E-state index in [1.54, 1.807) is 0 Å². The summed E-state index contributed by atoms with van der Waals surface area (Å²) in [5, 5.41) is 8.07. The van der Waals surface area contributed by atoms with Crippen LogP contribution in [-0.4, -0.2) is 28.7 Å². The Kier molecular flexibility index (Phi) is 6.98. The highest BCUT2D eigenvalue weighted by atomic mass is 16.5. The second kappa shape index (κ2) is 10.6. The summed E-state index contributed by atoms with van der Waals surface area (Å²) < 4.78 is 12.2. The molecule has 0 radical (unpaired) electrons. The second-order valence-electron chi connectivity index (χ2n) is 9.19. The van der Waals surface area contributed by atoms with Gasteiger partial charge in [0.25, 0.3) is 5.91 Å². The van der Waals surface area contributed by atoms with E-state index in [2.05, 4.69) is 10.4 Å². The van der Waals surface area contributed by atoms with Crippen molar-refractivity contribution in [1.29, 1.82) is 0 Å². The first-order valence-electron chi connectivity index (χ1n) is 12.3. The summed E-state index contributed by atoms with van der Waals surface area (Å²) in [5.41, 5.74) is 1.97. The average Bonchev–Trinajstić information content (AvgIpc) is 3.14. The molecule has 184 valence electrons. The normalized spacial score (nSPS) is 16.9. The number of rotatable bonds is 8. The number of hydrogen-bond acceptors (Lipinski definition) is 5. The van der Waals surface area contributed by atoms with Crippen LogP contribution in [0.5, 0.6) is 11.5 Å². The van der Waals surface area contributed by atoms with Crippen LogP contribution in [0.25, 0.3) is 0 Å². The van der Waals surface area contributed by atoms with Crippen molar-refractivity contribution in [3.63, 3.8) is 0 Å². The van der Waals surface area contributed by atoms with Crippen molar-refractivity contribution in [2.75, 3.05) is 0 Å². The van der Waals surface area contributed by atoms with Crippen molar-refractivity contribution >= 4 is 18.2 Å². The Morgan fingerprint density at radius 1 is 0.806 bits per heavy atom. The van der Waals surface area contributed by atoms with Crippen LogP contribution >= 0.6 is 0 Å². The molecule has 7 nitrogen and oxygen atoms in total. The third-order valence-corrected chi connectivity index (χ3v) is 6.61. The monoisotopic (exact) mass is 483 g/mol. The number of carbonyl (C=O) groups is 2. The Morgan fingerprint density at radius 3 is 2.06 bits per heavy atom. The number of nitrogens with zero attached hydrogens (tertiary/aromatic N) is 2. The highest BCUT2D eigenvalue weighted by Gasteiger charge is 2.51. The molecule has 7 heteroatoms. The Morgan fingerprint density at radius 2 is 1.42 bits per heavy atom. The van der Waals surface area contributed by atoms with E-state index in [4.69, 9.17) is 9.47 Å². The summed E-state index contributed by atoms with van der Waals surface area (Å²) in [6.07, 6.45) is 5.77. The van der Waals surface area contributed by atoms with Gasteiger partial charge in [0.15, 0.2) is 11.5 Å². The molecule has 1 N–H and O–H groups in total. The number of ether oxygens (including phenoxy) is 2. The molecule has 1 aliphatic carbocycles. The summed E-state index contributed by atoms with van der Waals surface area (Å²) >= 11 is 0. The molecule has 0 unspecified atom stereocenters. The fraction of sp³-hybridized carbons (Fsp3) is 0.276. The molecule has 3 aromatic carbocycles. The number of imide groups is 1. The minimum Gasteiger partial charge on any atom is -0.485 e. The standard InChI is InChI=1S/C29H29N3O4/c33-27-29(16-8-3-9-17-29)31-28(34)32(27)30-19-24-14-15-25(35-20-22-10-4-1-5-11-22)26(18-24)36-21-23-12-6-2-7-13-23/h1-2,4-7,10-15,18-19H,3,8-9,16-17,20-21H2,(H,31,34). The molecule has 1 saturated carbocycles. The smallest absolute Gasteiger partial charge is 0.346 e. The maximum atomic E-state index is 13.0. The molecule has 36 heavy (non-hydrogen) atoms. The van der Waals surface area contributed by atoms with Crippen molar-refractivity contribution < 1.29 is 19.1 Å². The average molecular weight is 484 g/mol.